The molecule has 0 radical (unpaired) electrons. The lowest BCUT2D eigenvalue weighted by atomic mass is 10.1. The van der Waals surface area contributed by atoms with E-state index >= 15 is 0 Å². The average Bonchev–Trinajstić information content (AvgIpc) is 3.12. The number of nitrogens with zero attached hydrogens (tertiary/aromatic N) is 2. The van der Waals surface area contributed by atoms with Crippen molar-refractivity contribution in [2.24, 2.45) is 0 Å². The summed E-state index contributed by atoms with van der Waals surface area (Å²) in [5, 5.41) is 13.8. The highest BCUT2D eigenvalue weighted by atomic mass is 16.3. The summed E-state index contributed by atoms with van der Waals surface area (Å²) in [4.78, 5) is 0. The molecule has 1 heterocycles. The van der Waals surface area contributed by atoms with Crippen LogP contribution >= 0.6 is 0 Å². The van der Waals surface area contributed by atoms with Crippen molar-refractivity contribution >= 4 is 0 Å². The monoisotopic (exact) mass is 242 g/mol. The Hall–Kier alpha value is -1.61. The van der Waals surface area contributed by atoms with E-state index in [4.69, 9.17) is 0 Å². The van der Waals surface area contributed by atoms with Crippen molar-refractivity contribution in [1.29, 1.82) is 0 Å². The fraction of sp³-hybridized carbons (Fsp3) is 0.400. The van der Waals surface area contributed by atoms with Gasteiger partial charge in [0.05, 0.1) is 18.0 Å². The summed E-state index contributed by atoms with van der Waals surface area (Å²) >= 11 is 0. The summed E-state index contributed by atoms with van der Waals surface area (Å²) < 4.78 is 2.02. The number of aliphatic hydroxyl groups excluding tert-OH is 1. The van der Waals surface area contributed by atoms with Crippen molar-refractivity contribution in [1.82, 2.24) is 9.78 Å². The molecular weight excluding hydrogens is 224 g/mol. The number of rotatable bonds is 3. The molecule has 1 aliphatic carbocycles. The van der Waals surface area contributed by atoms with Crippen LogP contribution in [0.3, 0.4) is 0 Å². The van der Waals surface area contributed by atoms with Crippen LogP contribution in [0.2, 0.25) is 0 Å². The first kappa shape index (κ1) is 11.5. The van der Waals surface area contributed by atoms with Crippen LogP contribution < -0.4 is 0 Å². The van der Waals surface area contributed by atoms with E-state index in [1.165, 1.54) is 29.7 Å². The number of aromatic nitrogens is 2. The molecule has 1 aromatic carbocycles. The second kappa shape index (κ2) is 4.25. The Morgan fingerprint density at radius 1 is 1.28 bits per heavy atom. The second-order valence-corrected chi connectivity index (χ2v) is 5.19. The molecule has 1 aliphatic rings. The van der Waals surface area contributed by atoms with Crippen LogP contribution in [0.25, 0.3) is 5.69 Å². The fourth-order valence-corrected chi connectivity index (χ4v) is 2.33. The van der Waals surface area contributed by atoms with Crippen molar-refractivity contribution in [3.63, 3.8) is 0 Å². The van der Waals surface area contributed by atoms with Crippen molar-refractivity contribution < 1.29 is 5.11 Å². The van der Waals surface area contributed by atoms with E-state index in [0.29, 0.717) is 5.92 Å². The first-order chi connectivity index (χ1) is 8.69. The Morgan fingerprint density at radius 3 is 2.72 bits per heavy atom. The Kier molecular flexibility index (Phi) is 2.71. The Bertz CT molecular complexity index is 582. The minimum absolute atomic E-state index is 0.0115. The molecule has 3 heteroatoms. The van der Waals surface area contributed by atoms with Gasteiger partial charge in [0.25, 0.3) is 0 Å². The van der Waals surface area contributed by atoms with Gasteiger partial charge in [-0.1, -0.05) is 12.1 Å². The van der Waals surface area contributed by atoms with Gasteiger partial charge in [0.15, 0.2) is 0 Å². The molecule has 0 spiro atoms. The molecule has 0 bridgehead atoms. The standard InChI is InChI=1S/C15H18N2O/c1-10-3-4-11(2)14(7-10)17-15(12-5-6-12)8-13(9-18)16-17/h3-4,7-8,12,18H,5-6,9H2,1-2H3. The topological polar surface area (TPSA) is 38.0 Å². The lowest BCUT2D eigenvalue weighted by Crippen LogP contribution is -2.04. The number of aryl methyl sites for hydroxylation is 2. The predicted molar refractivity (Wildman–Crippen MR) is 70.9 cm³/mol. The summed E-state index contributed by atoms with van der Waals surface area (Å²) in [7, 11) is 0. The first-order valence-corrected chi connectivity index (χ1v) is 6.46. The molecule has 0 unspecified atom stereocenters. The number of aliphatic hydroxyl groups is 1. The van der Waals surface area contributed by atoms with Gasteiger partial charge in [-0.3, -0.25) is 0 Å². The SMILES string of the molecule is Cc1ccc(C)c(-n2nc(CO)cc2C2CC2)c1. The lowest BCUT2D eigenvalue weighted by Gasteiger charge is -2.10. The van der Waals surface area contributed by atoms with E-state index in [-0.39, 0.29) is 6.61 Å². The zero-order chi connectivity index (χ0) is 12.7. The van der Waals surface area contributed by atoms with Gasteiger partial charge in [0.1, 0.15) is 0 Å². The third-order valence-corrected chi connectivity index (χ3v) is 3.54. The van der Waals surface area contributed by atoms with E-state index in [9.17, 15) is 5.11 Å². The minimum atomic E-state index is 0.0115. The molecule has 3 nitrogen and oxygen atoms in total. The molecular formula is C15H18N2O. The maximum absolute atomic E-state index is 9.27. The zero-order valence-electron chi connectivity index (χ0n) is 10.8. The third kappa shape index (κ3) is 1.95. The van der Waals surface area contributed by atoms with E-state index in [2.05, 4.69) is 37.1 Å². The highest BCUT2D eigenvalue weighted by Gasteiger charge is 2.28. The third-order valence-electron chi connectivity index (χ3n) is 3.54. The lowest BCUT2D eigenvalue weighted by molar-refractivity contribution is 0.276. The molecule has 1 fully saturated rings. The van der Waals surface area contributed by atoms with Gasteiger partial charge < -0.3 is 5.11 Å². The fourth-order valence-electron chi connectivity index (χ4n) is 2.33. The molecule has 2 aromatic rings. The van der Waals surface area contributed by atoms with E-state index < -0.39 is 0 Å². The molecule has 3 rings (SSSR count). The van der Waals surface area contributed by atoms with Gasteiger partial charge in [-0.15, -0.1) is 0 Å². The largest absolute Gasteiger partial charge is 0.390 e. The quantitative estimate of drug-likeness (QED) is 0.898. The van der Waals surface area contributed by atoms with E-state index in [0.717, 1.165) is 11.4 Å². The van der Waals surface area contributed by atoms with Gasteiger partial charge >= 0.3 is 0 Å². The molecule has 1 saturated carbocycles. The summed E-state index contributed by atoms with van der Waals surface area (Å²) in [5.74, 6) is 0.623. The normalized spacial score (nSPS) is 15.1. The highest BCUT2D eigenvalue weighted by Crippen LogP contribution is 2.41. The highest BCUT2D eigenvalue weighted by molar-refractivity contribution is 5.44. The van der Waals surface area contributed by atoms with Crippen molar-refractivity contribution in [2.75, 3.05) is 0 Å². The Morgan fingerprint density at radius 2 is 2.06 bits per heavy atom. The van der Waals surface area contributed by atoms with E-state index in [1.807, 2.05) is 10.7 Å². The number of hydrogen-bond donors (Lipinski definition) is 1. The summed E-state index contributed by atoms with van der Waals surface area (Å²) in [6.07, 6.45) is 2.48. The summed E-state index contributed by atoms with van der Waals surface area (Å²) in [6, 6.07) is 8.45. The molecule has 1 aromatic heterocycles. The van der Waals surface area contributed by atoms with Crippen LogP contribution in [-0.2, 0) is 6.61 Å². The molecule has 0 amide bonds. The van der Waals surface area contributed by atoms with Crippen molar-refractivity contribution in [3.05, 3.63) is 46.8 Å². The zero-order valence-corrected chi connectivity index (χ0v) is 10.8. The number of hydrogen-bond acceptors (Lipinski definition) is 2. The van der Waals surface area contributed by atoms with Gasteiger partial charge in [-0.2, -0.15) is 5.10 Å². The maximum Gasteiger partial charge on any atom is 0.0886 e. The van der Waals surface area contributed by atoms with Crippen LogP contribution in [0.1, 0.15) is 41.3 Å². The Labute approximate surface area is 107 Å². The predicted octanol–water partition coefficient (Wildman–Crippen LogP) is 2.86. The smallest absolute Gasteiger partial charge is 0.0886 e. The van der Waals surface area contributed by atoms with Crippen LogP contribution in [0.4, 0.5) is 0 Å². The molecule has 94 valence electrons. The van der Waals surface area contributed by atoms with Gasteiger partial charge in [0, 0.05) is 11.6 Å². The number of benzene rings is 1. The summed E-state index contributed by atoms with van der Waals surface area (Å²) in [5.41, 5.74) is 5.59. The van der Waals surface area contributed by atoms with Crippen LogP contribution in [-0.4, -0.2) is 14.9 Å². The van der Waals surface area contributed by atoms with Gasteiger partial charge in [-0.05, 0) is 49.9 Å². The molecule has 18 heavy (non-hydrogen) atoms. The molecule has 0 saturated heterocycles. The maximum atomic E-state index is 9.27. The molecule has 0 aliphatic heterocycles. The summed E-state index contributed by atoms with van der Waals surface area (Å²) in [6.45, 7) is 4.21. The van der Waals surface area contributed by atoms with Crippen molar-refractivity contribution in [2.45, 2.75) is 39.2 Å². The molecule has 1 N–H and O–H groups in total. The van der Waals surface area contributed by atoms with Crippen LogP contribution in [0.5, 0.6) is 0 Å². The molecule has 0 atom stereocenters. The van der Waals surface area contributed by atoms with Gasteiger partial charge in [0.2, 0.25) is 0 Å². The van der Waals surface area contributed by atoms with E-state index in [1.54, 1.807) is 0 Å². The van der Waals surface area contributed by atoms with Crippen molar-refractivity contribution in [3.8, 4) is 5.69 Å². The first-order valence-electron chi connectivity index (χ1n) is 6.46. The average molecular weight is 242 g/mol. The minimum Gasteiger partial charge on any atom is -0.390 e. The second-order valence-electron chi connectivity index (χ2n) is 5.19. The van der Waals surface area contributed by atoms with Crippen LogP contribution in [0, 0.1) is 13.8 Å². The Balaban J connectivity index is 2.14. The van der Waals surface area contributed by atoms with Gasteiger partial charge in [-0.25, -0.2) is 4.68 Å². The van der Waals surface area contributed by atoms with Crippen LogP contribution in [0.15, 0.2) is 24.3 Å².